The molecule has 8 heteroatoms. The summed E-state index contributed by atoms with van der Waals surface area (Å²) in [5.41, 5.74) is 3.66. The molecule has 0 spiro atoms. The first-order chi connectivity index (χ1) is 12.6. The van der Waals surface area contributed by atoms with Gasteiger partial charge in [-0.05, 0) is 36.1 Å². The maximum absolute atomic E-state index is 11.7. The minimum absolute atomic E-state index is 0.189. The Bertz CT molecular complexity index is 1050. The second kappa shape index (κ2) is 5.50. The summed E-state index contributed by atoms with van der Waals surface area (Å²) in [7, 11) is 1.86. The molecule has 26 heavy (non-hydrogen) atoms. The summed E-state index contributed by atoms with van der Waals surface area (Å²) in [5.74, 6) is 0.931. The van der Waals surface area contributed by atoms with Crippen molar-refractivity contribution in [3.8, 4) is 33.6 Å². The zero-order valence-electron chi connectivity index (χ0n) is 13.8. The van der Waals surface area contributed by atoms with E-state index in [1.165, 1.54) is 0 Å². The molecular weight excluding hydrogens is 356 g/mol. The first-order valence-corrected chi connectivity index (χ1v) is 8.91. The molecule has 2 aromatic heterocycles. The van der Waals surface area contributed by atoms with E-state index in [1.54, 1.807) is 22.9 Å². The number of aryl methyl sites for hydroxylation is 2. The number of fused-ring (bicyclic) bond motifs is 4. The molecule has 0 fully saturated rings. The fourth-order valence-electron chi connectivity index (χ4n) is 3.46. The monoisotopic (exact) mass is 370 g/mol. The topological polar surface area (TPSA) is 82.8 Å². The smallest absolute Gasteiger partial charge is 0.346 e. The highest BCUT2D eigenvalue weighted by atomic mass is 32.1. The number of hydrogen-bond donors (Lipinski definition) is 1. The van der Waals surface area contributed by atoms with Gasteiger partial charge < -0.3 is 19.3 Å². The maximum atomic E-state index is 11.7. The van der Waals surface area contributed by atoms with E-state index >= 15 is 0 Å². The number of benzene rings is 1. The molecule has 1 aromatic carbocycles. The summed E-state index contributed by atoms with van der Waals surface area (Å²) in [6.45, 7) is 0.189. The average Bonchev–Trinajstić information content (AvgIpc) is 3.32. The van der Waals surface area contributed by atoms with Crippen molar-refractivity contribution < 1.29 is 24.1 Å². The summed E-state index contributed by atoms with van der Waals surface area (Å²) >= 11 is 1.15. The number of nitrogens with zero attached hydrogens (tertiary/aromatic N) is 2. The molecule has 132 valence electrons. The van der Waals surface area contributed by atoms with Gasteiger partial charge in [-0.1, -0.05) is 11.3 Å². The summed E-state index contributed by atoms with van der Waals surface area (Å²) in [5, 5.41) is 14.5. The fraction of sp³-hybridized carbons (Fsp3) is 0.222. The van der Waals surface area contributed by atoms with Crippen LogP contribution < -0.4 is 14.2 Å². The lowest BCUT2D eigenvalue weighted by Crippen LogP contribution is -2.08. The Morgan fingerprint density at radius 2 is 2.15 bits per heavy atom. The lowest BCUT2D eigenvalue weighted by Gasteiger charge is -2.16. The van der Waals surface area contributed by atoms with Crippen molar-refractivity contribution in [3.63, 3.8) is 0 Å². The van der Waals surface area contributed by atoms with E-state index in [1.807, 2.05) is 13.2 Å². The lowest BCUT2D eigenvalue weighted by atomic mass is 9.92. The molecule has 0 unspecified atom stereocenters. The number of ether oxygens (including phenoxy) is 3. The van der Waals surface area contributed by atoms with Gasteiger partial charge in [0.25, 0.3) is 0 Å². The minimum Gasteiger partial charge on any atom is -0.477 e. The molecule has 0 atom stereocenters. The van der Waals surface area contributed by atoms with E-state index in [-0.39, 0.29) is 6.79 Å². The van der Waals surface area contributed by atoms with E-state index < -0.39 is 5.97 Å². The molecule has 1 aliphatic heterocycles. The van der Waals surface area contributed by atoms with Gasteiger partial charge in [0.05, 0.1) is 17.5 Å². The predicted molar refractivity (Wildman–Crippen MR) is 93.5 cm³/mol. The Labute approximate surface area is 152 Å². The Hall–Kier alpha value is -3.00. The predicted octanol–water partition coefficient (Wildman–Crippen LogP) is 3.47. The summed E-state index contributed by atoms with van der Waals surface area (Å²) in [6, 6.07) is 5.32. The number of aromatic nitrogens is 2. The number of carboxylic acids is 1. The molecule has 2 aliphatic rings. The van der Waals surface area contributed by atoms with Crippen molar-refractivity contribution >= 4 is 17.3 Å². The first-order valence-electron chi connectivity index (χ1n) is 8.09. The standard InChI is InChI=1S/C18H14N2O5S/c1-20-15-9(7-19-20)2-4-11-14(15)18(26-16(11)17(21)22)25-10-3-5-12-13(6-10)24-8-23-12/h3,5-7H,2,4,8H2,1H3,(H,21,22). The van der Waals surface area contributed by atoms with Gasteiger partial charge in [-0.25, -0.2) is 4.79 Å². The van der Waals surface area contributed by atoms with Crippen molar-refractivity contribution in [2.24, 2.45) is 7.05 Å². The van der Waals surface area contributed by atoms with Crippen LogP contribution in [0.25, 0.3) is 11.3 Å². The van der Waals surface area contributed by atoms with Crippen molar-refractivity contribution in [1.82, 2.24) is 9.78 Å². The molecule has 0 bridgehead atoms. The highest BCUT2D eigenvalue weighted by Gasteiger charge is 2.31. The summed E-state index contributed by atoms with van der Waals surface area (Å²) < 4.78 is 18.6. The highest BCUT2D eigenvalue weighted by Crippen LogP contribution is 2.49. The quantitative estimate of drug-likeness (QED) is 0.760. The van der Waals surface area contributed by atoms with E-state index in [0.717, 1.165) is 40.1 Å². The number of carboxylic acid groups (broad SMARTS) is 1. The van der Waals surface area contributed by atoms with E-state index in [9.17, 15) is 9.90 Å². The largest absolute Gasteiger partial charge is 0.477 e. The van der Waals surface area contributed by atoms with E-state index in [0.29, 0.717) is 33.6 Å². The molecule has 5 rings (SSSR count). The summed E-state index contributed by atoms with van der Waals surface area (Å²) in [4.78, 5) is 12.0. The third kappa shape index (κ3) is 2.19. The number of hydrogen-bond acceptors (Lipinski definition) is 6. The van der Waals surface area contributed by atoms with Crippen LogP contribution in [-0.4, -0.2) is 27.6 Å². The van der Waals surface area contributed by atoms with Gasteiger partial charge in [-0.2, -0.15) is 5.10 Å². The van der Waals surface area contributed by atoms with Crippen LogP contribution in [0.3, 0.4) is 0 Å². The molecule has 3 heterocycles. The molecule has 0 saturated carbocycles. The summed E-state index contributed by atoms with van der Waals surface area (Å²) in [6.07, 6.45) is 3.27. The third-order valence-electron chi connectivity index (χ3n) is 4.62. The molecule has 0 amide bonds. The number of carbonyl (C=O) groups is 1. The molecule has 0 radical (unpaired) electrons. The Kier molecular flexibility index (Phi) is 3.23. The molecule has 1 aliphatic carbocycles. The molecule has 3 aromatic rings. The first kappa shape index (κ1) is 15.3. The van der Waals surface area contributed by atoms with Crippen molar-refractivity contribution in [2.75, 3.05) is 6.79 Å². The maximum Gasteiger partial charge on any atom is 0.346 e. The Morgan fingerprint density at radius 1 is 1.31 bits per heavy atom. The van der Waals surface area contributed by atoms with Gasteiger partial charge in [0.15, 0.2) is 16.6 Å². The minimum atomic E-state index is -0.933. The third-order valence-corrected chi connectivity index (χ3v) is 5.72. The van der Waals surface area contributed by atoms with Crippen LogP contribution in [0.15, 0.2) is 24.4 Å². The number of thiophene rings is 1. The van der Waals surface area contributed by atoms with Gasteiger partial charge in [0.2, 0.25) is 6.79 Å². The molecular formula is C18H14N2O5S. The van der Waals surface area contributed by atoms with E-state index in [4.69, 9.17) is 14.2 Å². The average molecular weight is 370 g/mol. The van der Waals surface area contributed by atoms with Crippen LogP contribution in [0, 0.1) is 0 Å². The SMILES string of the molecule is Cn1ncc2c1-c1c(Oc3ccc4c(c3)OCO4)sc(C(=O)O)c1CC2. The zero-order chi connectivity index (χ0) is 17.8. The number of aromatic carboxylic acids is 1. The molecule has 7 nitrogen and oxygen atoms in total. The van der Waals surface area contributed by atoms with Crippen LogP contribution in [0.4, 0.5) is 0 Å². The van der Waals surface area contributed by atoms with Crippen molar-refractivity contribution in [2.45, 2.75) is 12.8 Å². The fourth-order valence-corrected chi connectivity index (χ4v) is 4.52. The van der Waals surface area contributed by atoms with Gasteiger partial charge in [-0.3, -0.25) is 4.68 Å². The molecule has 0 saturated heterocycles. The van der Waals surface area contributed by atoms with Crippen LogP contribution in [-0.2, 0) is 19.9 Å². The second-order valence-corrected chi connectivity index (χ2v) is 7.12. The van der Waals surface area contributed by atoms with Crippen molar-refractivity contribution in [1.29, 1.82) is 0 Å². The van der Waals surface area contributed by atoms with E-state index in [2.05, 4.69) is 5.10 Å². The van der Waals surface area contributed by atoms with Gasteiger partial charge in [-0.15, -0.1) is 0 Å². The lowest BCUT2D eigenvalue weighted by molar-refractivity contribution is 0.0701. The Balaban J connectivity index is 1.64. The highest BCUT2D eigenvalue weighted by molar-refractivity contribution is 7.16. The normalized spacial score (nSPS) is 14.0. The van der Waals surface area contributed by atoms with Gasteiger partial charge in [0.1, 0.15) is 10.6 Å². The van der Waals surface area contributed by atoms with Crippen molar-refractivity contribution in [3.05, 3.63) is 40.4 Å². The zero-order valence-corrected chi connectivity index (χ0v) is 14.6. The second-order valence-electron chi connectivity index (χ2n) is 6.14. The van der Waals surface area contributed by atoms with Crippen LogP contribution in [0.5, 0.6) is 22.3 Å². The number of rotatable bonds is 3. The van der Waals surface area contributed by atoms with Crippen LogP contribution >= 0.6 is 11.3 Å². The van der Waals surface area contributed by atoms with Gasteiger partial charge >= 0.3 is 5.97 Å². The van der Waals surface area contributed by atoms with Crippen LogP contribution in [0.1, 0.15) is 20.8 Å². The van der Waals surface area contributed by atoms with Gasteiger partial charge in [0, 0.05) is 13.1 Å². The van der Waals surface area contributed by atoms with Crippen LogP contribution in [0.2, 0.25) is 0 Å². The Morgan fingerprint density at radius 3 is 3.00 bits per heavy atom. The molecule has 1 N–H and O–H groups in total.